The van der Waals surface area contributed by atoms with E-state index in [1.165, 1.54) is 4.90 Å². The Labute approximate surface area is 108 Å². The third-order valence-corrected chi connectivity index (χ3v) is 3.67. The van der Waals surface area contributed by atoms with Crippen LogP contribution in [0.2, 0.25) is 0 Å². The van der Waals surface area contributed by atoms with Gasteiger partial charge in [-0.2, -0.15) is 0 Å². The molecule has 1 heterocycles. The second kappa shape index (κ2) is 5.26. The number of rotatable bonds is 2. The van der Waals surface area contributed by atoms with Crippen molar-refractivity contribution in [1.29, 1.82) is 0 Å². The highest BCUT2D eigenvalue weighted by Gasteiger charge is 2.41. The Morgan fingerprint density at radius 1 is 1.39 bits per heavy atom. The zero-order valence-corrected chi connectivity index (χ0v) is 11.6. The van der Waals surface area contributed by atoms with Crippen molar-refractivity contribution in [2.24, 2.45) is 17.1 Å². The van der Waals surface area contributed by atoms with Gasteiger partial charge in [0.15, 0.2) is 0 Å². The normalized spacial score (nSPS) is 26.8. The van der Waals surface area contributed by atoms with E-state index >= 15 is 0 Å². The van der Waals surface area contributed by atoms with Crippen LogP contribution >= 0.6 is 0 Å². The second-order valence-electron chi connectivity index (χ2n) is 6.28. The summed E-state index contributed by atoms with van der Waals surface area (Å²) in [5.41, 5.74) is 5.59. The van der Waals surface area contributed by atoms with Gasteiger partial charge in [-0.3, -0.25) is 4.79 Å². The maximum Gasteiger partial charge on any atom is 0.326 e. The quantitative estimate of drug-likeness (QED) is 0.774. The summed E-state index contributed by atoms with van der Waals surface area (Å²) in [5.74, 6) is -1.20. The SMILES string of the molecule is CC1CCCN(C(=O)[C@@H](N)C(C)(C)C)C1C(=O)O. The van der Waals surface area contributed by atoms with E-state index in [1.807, 2.05) is 27.7 Å². The molecule has 3 atom stereocenters. The zero-order valence-electron chi connectivity index (χ0n) is 11.6. The predicted octanol–water partition coefficient (Wildman–Crippen LogP) is 1.07. The van der Waals surface area contributed by atoms with Gasteiger partial charge in [0, 0.05) is 6.54 Å². The van der Waals surface area contributed by atoms with Crippen LogP contribution in [0.5, 0.6) is 0 Å². The Balaban J connectivity index is 2.92. The molecule has 0 aliphatic carbocycles. The summed E-state index contributed by atoms with van der Waals surface area (Å²) in [6.07, 6.45) is 1.68. The minimum atomic E-state index is -0.934. The third-order valence-electron chi connectivity index (χ3n) is 3.67. The highest BCUT2D eigenvalue weighted by Crippen LogP contribution is 2.27. The molecule has 0 bridgehead atoms. The van der Waals surface area contributed by atoms with Gasteiger partial charge < -0.3 is 15.7 Å². The number of hydrogen-bond acceptors (Lipinski definition) is 3. The molecule has 0 saturated carbocycles. The van der Waals surface area contributed by atoms with Crippen LogP contribution in [-0.2, 0) is 9.59 Å². The summed E-state index contributed by atoms with van der Waals surface area (Å²) in [6.45, 7) is 8.03. The summed E-state index contributed by atoms with van der Waals surface area (Å²) in [5, 5.41) is 9.28. The molecule has 5 nitrogen and oxygen atoms in total. The van der Waals surface area contributed by atoms with Crippen LogP contribution in [0, 0.1) is 11.3 Å². The molecular weight excluding hydrogens is 232 g/mol. The molecule has 2 unspecified atom stereocenters. The largest absolute Gasteiger partial charge is 0.480 e. The Bertz CT molecular complexity index is 336. The van der Waals surface area contributed by atoms with Crippen LogP contribution in [-0.4, -0.2) is 40.5 Å². The number of carboxylic acids is 1. The summed E-state index contributed by atoms with van der Waals surface area (Å²) in [6, 6.07) is -1.40. The number of amides is 1. The molecule has 0 aromatic rings. The van der Waals surface area contributed by atoms with Gasteiger partial charge in [-0.05, 0) is 24.2 Å². The van der Waals surface area contributed by atoms with Crippen LogP contribution in [0.4, 0.5) is 0 Å². The number of likely N-dealkylation sites (tertiary alicyclic amines) is 1. The standard InChI is InChI=1S/C13H24N2O3/c1-8-6-5-7-15(9(8)12(17)18)11(16)10(14)13(2,3)4/h8-10H,5-7,14H2,1-4H3,(H,17,18)/t8?,9?,10-/m1/s1. The van der Waals surface area contributed by atoms with Gasteiger partial charge in [-0.25, -0.2) is 4.79 Å². The monoisotopic (exact) mass is 256 g/mol. The first kappa shape index (κ1) is 15.0. The van der Waals surface area contributed by atoms with Gasteiger partial charge in [-0.15, -0.1) is 0 Å². The number of carboxylic acid groups (broad SMARTS) is 1. The highest BCUT2D eigenvalue weighted by molar-refractivity contribution is 5.87. The lowest BCUT2D eigenvalue weighted by Gasteiger charge is -2.40. The van der Waals surface area contributed by atoms with Crippen molar-refractivity contribution < 1.29 is 14.7 Å². The fraction of sp³-hybridized carbons (Fsp3) is 0.846. The van der Waals surface area contributed by atoms with Crippen molar-refractivity contribution in [1.82, 2.24) is 4.90 Å². The van der Waals surface area contributed by atoms with Crippen molar-refractivity contribution in [3.63, 3.8) is 0 Å². The van der Waals surface area contributed by atoms with Crippen molar-refractivity contribution in [3.8, 4) is 0 Å². The molecular formula is C13H24N2O3. The van der Waals surface area contributed by atoms with E-state index in [9.17, 15) is 14.7 Å². The molecule has 1 saturated heterocycles. The first-order chi connectivity index (χ1) is 8.16. The first-order valence-corrected chi connectivity index (χ1v) is 6.45. The van der Waals surface area contributed by atoms with Gasteiger partial charge in [0.2, 0.25) is 5.91 Å². The summed E-state index contributed by atoms with van der Waals surface area (Å²) in [7, 11) is 0. The number of nitrogens with zero attached hydrogens (tertiary/aromatic N) is 1. The molecule has 104 valence electrons. The number of aliphatic carboxylic acids is 1. The van der Waals surface area contributed by atoms with E-state index in [0.717, 1.165) is 12.8 Å². The maximum absolute atomic E-state index is 12.3. The third kappa shape index (κ3) is 3.02. The molecule has 1 amide bonds. The second-order valence-corrected chi connectivity index (χ2v) is 6.28. The molecule has 0 spiro atoms. The fourth-order valence-corrected chi connectivity index (χ4v) is 2.36. The van der Waals surface area contributed by atoms with Crippen molar-refractivity contribution in [2.45, 2.75) is 52.6 Å². The average molecular weight is 256 g/mol. The molecule has 5 heteroatoms. The molecule has 0 radical (unpaired) electrons. The Kier molecular flexibility index (Phi) is 4.37. The summed E-state index contributed by atoms with van der Waals surface area (Å²) < 4.78 is 0. The van der Waals surface area contributed by atoms with E-state index in [2.05, 4.69) is 0 Å². The van der Waals surface area contributed by atoms with Crippen molar-refractivity contribution in [3.05, 3.63) is 0 Å². The van der Waals surface area contributed by atoms with Gasteiger partial charge in [0.25, 0.3) is 0 Å². The maximum atomic E-state index is 12.3. The zero-order chi connectivity index (χ0) is 14.1. The van der Waals surface area contributed by atoms with Crippen molar-refractivity contribution >= 4 is 11.9 Å². The Hall–Kier alpha value is -1.10. The molecule has 1 aliphatic rings. The minimum Gasteiger partial charge on any atom is -0.480 e. The summed E-state index contributed by atoms with van der Waals surface area (Å²) >= 11 is 0. The highest BCUT2D eigenvalue weighted by atomic mass is 16.4. The van der Waals surface area contributed by atoms with Gasteiger partial charge in [0.1, 0.15) is 6.04 Å². The molecule has 0 aromatic carbocycles. The van der Waals surface area contributed by atoms with E-state index in [0.29, 0.717) is 6.54 Å². The molecule has 0 aromatic heterocycles. The first-order valence-electron chi connectivity index (χ1n) is 6.45. The van der Waals surface area contributed by atoms with Gasteiger partial charge in [-0.1, -0.05) is 27.7 Å². The van der Waals surface area contributed by atoms with E-state index in [-0.39, 0.29) is 17.2 Å². The number of carbonyl (C=O) groups excluding carboxylic acids is 1. The molecule has 3 N–H and O–H groups in total. The van der Waals surface area contributed by atoms with Crippen LogP contribution in [0.1, 0.15) is 40.5 Å². The van der Waals surface area contributed by atoms with Gasteiger partial charge >= 0.3 is 5.97 Å². The van der Waals surface area contributed by atoms with E-state index in [4.69, 9.17) is 5.73 Å². The van der Waals surface area contributed by atoms with Crippen molar-refractivity contribution in [2.75, 3.05) is 6.54 Å². The minimum absolute atomic E-state index is 0.0210. The lowest BCUT2D eigenvalue weighted by atomic mass is 9.84. The smallest absolute Gasteiger partial charge is 0.326 e. The fourth-order valence-electron chi connectivity index (χ4n) is 2.36. The van der Waals surface area contributed by atoms with Crippen LogP contribution in [0.15, 0.2) is 0 Å². The summed E-state index contributed by atoms with van der Waals surface area (Å²) in [4.78, 5) is 25.1. The molecule has 1 fully saturated rings. The Morgan fingerprint density at radius 3 is 2.39 bits per heavy atom. The average Bonchev–Trinajstić information content (AvgIpc) is 2.24. The molecule has 18 heavy (non-hydrogen) atoms. The van der Waals surface area contributed by atoms with Crippen LogP contribution in [0.25, 0.3) is 0 Å². The van der Waals surface area contributed by atoms with E-state index < -0.39 is 18.1 Å². The number of nitrogens with two attached hydrogens (primary N) is 1. The van der Waals surface area contributed by atoms with Crippen LogP contribution < -0.4 is 5.73 Å². The van der Waals surface area contributed by atoms with E-state index in [1.54, 1.807) is 0 Å². The van der Waals surface area contributed by atoms with Gasteiger partial charge in [0.05, 0.1) is 6.04 Å². The molecule has 1 rings (SSSR count). The number of hydrogen-bond donors (Lipinski definition) is 2. The van der Waals surface area contributed by atoms with Crippen LogP contribution in [0.3, 0.4) is 0 Å². The predicted molar refractivity (Wildman–Crippen MR) is 69.0 cm³/mol. The topological polar surface area (TPSA) is 83.6 Å². The number of piperidine rings is 1. The number of carbonyl (C=O) groups is 2. The lowest BCUT2D eigenvalue weighted by Crippen LogP contribution is -2.58. The lowest BCUT2D eigenvalue weighted by molar-refractivity contribution is -0.156. The Morgan fingerprint density at radius 2 is 1.94 bits per heavy atom. The molecule has 1 aliphatic heterocycles.